The molecule has 0 N–H and O–H groups in total. The molecule has 0 atom stereocenters. The smallest absolute Gasteiger partial charge is 0.302 e. The normalized spacial score (nSPS) is 11.3. The topological polar surface area (TPSA) is 38.1 Å². The highest BCUT2D eigenvalue weighted by Gasteiger charge is 2.06. The van der Waals surface area contributed by atoms with Crippen molar-refractivity contribution in [3.8, 4) is 0 Å². The molecule has 0 amide bonds. The first-order valence-corrected chi connectivity index (χ1v) is 7.50. The van der Waals surface area contributed by atoms with E-state index in [2.05, 4.69) is 16.9 Å². The SMILES string of the molecule is Cc1ncc(CN(C)CCn2c(C)csc2=O)s1. The molecule has 0 bridgehead atoms. The van der Waals surface area contributed by atoms with E-state index in [0.717, 1.165) is 30.3 Å². The Kier molecular flexibility index (Phi) is 4.31. The van der Waals surface area contributed by atoms with Gasteiger partial charge < -0.3 is 4.57 Å². The minimum atomic E-state index is 0.134. The number of aromatic nitrogens is 2. The van der Waals surface area contributed by atoms with Crippen molar-refractivity contribution in [3.05, 3.63) is 36.8 Å². The molecule has 2 heterocycles. The van der Waals surface area contributed by atoms with Gasteiger partial charge in [0.05, 0.1) is 5.01 Å². The second kappa shape index (κ2) is 5.77. The van der Waals surface area contributed by atoms with Gasteiger partial charge in [-0.05, 0) is 20.9 Å². The molecule has 0 saturated heterocycles. The van der Waals surface area contributed by atoms with E-state index in [1.165, 1.54) is 16.2 Å². The van der Waals surface area contributed by atoms with E-state index in [0.29, 0.717) is 0 Å². The maximum absolute atomic E-state index is 11.6. The molecule has 2 aromatic rings. The summed E-state index contributed by atoms with van der Waals surface area (Å²) in [5, 5.41) is 3.01. The molecule has 0 radical (unpaired) electrons. The van der Waals surface area contributed by atoms with Crippen LogP contribution in [0.3, 0.4) is 0 Å². The van der Waals surface area contributed by atoms with Gasteiger partial charge in [0.2, 0.25) is 0 Å². The van der Waals surface area contributed by atoms with Crippen LogP contribution >= 0.6 is 22.7 Å². The zero-order valence-electron chi connectivity index (χ0n) is 10.8. The van der Waals surface area contributed by atoms with E-state index >= 15 is 0 Å². The number of likely N-dealkylation sites (N-methyl/N-ethyl adjacent to an activating group) is 1. The van der Waals surface area contributed by atoms with Crippen molar-refractivity contribution in [2.75, 3.05) is 13.6 Å². The molecule has 0 unspecified atom stereocenters. The quantitative estimate of drug-likeness (QED) is 0.843. The van der Waals surface area contributed by atoms with E-state index < -0.39 is 0 Å². The number of aryl methyl sites for hydroxylation is 2. The van der Waals surface area contributed by atoms with E-state index in [-0.39, 0.29) is 4.87 Å². The van der Waals surface area contributed by atoms with Gasteiger partial charge in [0.1, 0.15) is 0 Å². The van der Waals surface area contributed by atoms with Crippen LogP contribution in [0.2, 0.25) is 0 Å². The van der Waals surface area contributed by atoms with Crippen LogP contribution in [0.25, 0.3) is 0 Å². The lowest BCUT2D eigenvalue weighted by Gasteiger charge is -2.15. The molecule has 2 rings (SSSR count). The Morgan fingerprint density at radius 1 is 1.44 bits per heavy atom. The summed E-state index contributed by atoms with van der Waals surface area (Å²) in [5.41, 5.74) is 1.05. The number of thiazole rings is 2. The van der Waals surface area contributed by atoms with Crippen LogP contribution in [0.1, 0.15) is 15.6 Å². The van der Waals surface area contributed by atoms with Crippen LogP contribution in [0.15, 0.2) is 16.4 Å². The molecule has 0 aromatic carbocycles. The van der Waals surface area contributed by atoms with Crippen molar-refractivity contribution in [3.63, 3.8) is 0 Å². The summed E-state index contributed by atoms with van der Waals surface area (Å²) in [6.45, 7) is 6.51. The molecule has 0 aliphatic heterocycles. The Balaban J connectivity index is 1.89. The number of hydrogen-bond donors (Lipinski definition) is 0. The van der Waals surface area contributed by atoms with Gasteiger partial charge in [0.15, 0.2) is 0 Å². The van der Waals surface area contributed by atoms with E-state index in [1.54, 1.807) is 11.3 Å². The Morgan fingerprint density at radius 2 is 2.22 bits per heavy atom. The lowest BCUT2D eigenvalue weighted by atomic mass is 10.4. The van der Waals surface area contributed by atoms with Crippen LogP contribution in [0, 0.1) is 13.8 Å². The van der Waals surface area contributed by atoms with Gasteiger partial charge in [-0.3, -0.25) is 9.69 Å². The van der Waals surface area contributed by atoms with Gasteiger partial charge in [0, 0.05) is 41.8 Å². The standard InChI is InChI=1S/C12H17N3OS2/c1-9-8-17-12(16)15(9)5-4-14(3)7-11-6-13-10(2)18-11/h6,8H,4-5,7H2,1-3H3. The molecule has 2 aromatic heterocycles. The predicted octanol–water partition coefficient (Wildman–Crippen LogP) is 2.12. The molecule has 0 aliphatic carbocycles. The summed E-state index contributed by atoms with van der Waals surface area (Å²) in [6.07, 6.45) is 1.93. The number of nitrogens with zero attached hydrogens (tertiary/aromatic N) is 3. The van der Waals surface area contributed by atoms with E-state index in [1.807, 2.05) is 30.0 Å². The van der Waals surface area contributed by atoms with Crippen molar-refractivity contribution in [1.82, 2.24) is 14.5 Å². The van der Waals surface area contributed by atoms with Crippen molar-refractivity contribution < 1.29 is 0 Å². The van der Waals surface area contributed by atoms with Gasteiger partial charge in [-0.1, -0.05) is 11.3 Å². The highest BCUT2D eigenvalue weighted by Crippen LogP contribution is 2.13. The summed E-state index contributed by atoms with van der Waals surface area (Å²) in [7, 11) is 2.07. The van der Waals surface area contributed by atoms with Crippen molar-refractivity contribution in [1.29, 1.82) is 0 Å². The Hall–Kier alpha value is -0.980. The van der Waals surface area contributed by atoms with Crippen LogP contribution in [0.4, 0.5) is 0 Å². The molecule has 18 heavy (non-hydrogen) atoms. The lowest BCUT2D eigenvalue weighted by molar-refractivity contribution is 0.312. The van der Waals surface area contributed by atoms with E-state index in [9.17, 15) is 4.79 Å². The Labute approximate surface area is 115 Å². The lowest BCUT2D eigenvalue weighted by Crippen LogP contribution is -2.26. The Bertz CT molecular complexity index is 570. The molecule has 98 valence electrons. The van der Waals surface area contributed by atoms with Gasteiger partial charge in [-0.15, -0.1) is 11.3 Å². The molecule has 0 aliphatic rings. The fourth-order valence-corrected chi connectivity index (χ4v) is 3.41. The summed E-state index contributed by atoms with van der Waals surface area (Å²) in [5.74, 6) is 0. The van der Waals surface area contributed by atoms with Gasteiger partial charge in [-0.25, -0.2) is 4.98 Å². The third-order valence-corrected chi connectivity index (χ3v) is 4.56. The number of hydrogen-bond acceptors (Lipinski definition) is 5. The molecular weight excluding hydrogens is 266 g/mol. The first-order valence-electron chi connectivity index (χ1n) is 5.81. The van der Waals surface area contributed by atoms with Crippen LogP contribution in [-0.2, 0) is 13.1 Å². The van der Waals surface area contributed by atoms with Crippen molar-refractivity contribution >= 4 is 22.7 Å². The third kappa shape index (κ3) is 3.28. The second-order valence-corrected chi connectivity index (χ2v) is 6.52. The summed E-state index contributed by atoms with van der Waals surface area (Å²) >= 11 is 3.00. The van der Waals surface area contributed by atoms with E-state index in [4.69, 9.17) is 0 Å². The zero-order valence-corrected chi connectivity index (χ0v) is 12.5. The molecule has 6 heteroatoms. The molecule has 0 spiro atoms. The van der Waals surface area contributed by atoms with Crippen LogP contribution in [0.5, 0.6) is 0 Å². The molecule has 4 nitrogen and oxygen atoms in total. The minimum absolute atomic E-state index is 0.134. The maximum Gasteiger partial charge on any atom is 0.307 e. The first kappa shape index (κ1) is 13.5. The van der Waals surface area contributed by atoms with Crippen molar-refractivity contribution in [2.45, 2.75) is 26.9 Å². The van der Waals surface area contributed by atoms with Crippen molar-refractivity contribution in [2.24, 2.45) is 0 Å². The highest BCUT2D eigenvalue weighted by molar-refractivity contribution is 7.11. The predicted molar refractivity (Wildman–Crippen MR) is 76.5 cm³/mol. The summed E-state index contributed by atoms with van der Waals surface area (Å²) in [4.78, 5) is 19.4. The van der Waals surface area contributed by atoms with Crippen LogP contribution in [-0.4, -0.2) is 28.0 Å². The monoisotopic (exact) mass is 283 g/mol. The summed E-state index contributed by atoms with van der Waals surface area (Å²) in [6, 6.07) is 0. The zero-order chi connectivity index (χ0) is 13.1. The average Bonchev–Trinajstić information content (AvgIpc) is 2.84. The largest absolute Gasteiger partial charge is 0.307 e. The molecule has 0 fully saturated rings. The molecular formula is C12H17N3OS2. The van der Waals surface area contributed by atoms with Gasteiger partial charge >= 0.3 is 4.87 Å². The third-order valence-electron chi connectivity index (χ3n) is 2.78. The first-order chi connectivity index (χ1) is 8.56. The molecule has 0 saturated carbocycles. The maximum atomic E-state index is 11.6. The highest BCUT2D eigenvalue weighted by atomic mass is 32.1. The Morgan fingerprint density at radius 3 is 2.78 bits per heavy atom. The minimum Gasteiger partial charge on any atom is -0.302 e. The fraction of sp³-hybridized carbons (Fsp3) is 0.500. The number of rotatable bonds is 5. The van der Waals surface area contributed by atoms with Gasteiger partial charge in [0.25, 0.3) is 0 Å². The van der Waals surface area contributed by atoms with Gasteiger partial charge in [-0.2, -0.15) is 0 Å². The summed E-state index contributed by atoms with van der Waals surface area (Å²) < 4.78 is 1.83. The van der Waals surface area contributed by atoms with Crippen LogP contribution < -0.4 is 4.87 Å². The average molecular weight is 283 g/mol. The second-order valence-electron chi connectivity index (χ2n) is 4.38. The fourth-order valence-electron chi connectivity index (χ4n) is 1.77.